The first-order chi connectivity index (χ1) is 11.3. The van der Waals surface area contributed by atoms with E-state index in [9.17, 15) is 19.7 Å². The van der Waals surface area contributed by atoms with Crippen LogP contribution in [0.4, 0.5) is 17.1 Å². The lowest BCUT2D eigenvalue weighted by Crippen LogP contribution is -2.26. The predicted octanol–water partition coefficient (Wildman–Crippen LogP) is 2.77. The van der Waals surface area contributed by atoms with Crippen molar-refractivity contribution in [3.8, 4) is 0 Å². The number of anilines is 2. The largest absolute Gasteiger partial charge is 0.398 e. The fraction of sp³-hybridized carbons (Fsp3) is 0.176. The Morgan fingerprint density at radius 1 is 1.04 bits per heavy atom. The molecule has 0 bridgehead atoms. The second-order valence-electron chi connectivity index (χ2n) is 5.87. The number of fused-ring (bicyclic) bond motifs is 2. The van der Waals surface area contributed by atoms with Crippen LogP contribution >= 0.6 is 0 Å². The third-order valence-corrected chi connectivity index (χ3v) is 3.85. The van der Waals surface area contributed by atoms with Crippen LogP contribution in [0.15, 0.2) is 30.3 Å². The Morgan fingerprint density at radius 3 is 2.38 bits per heavy atom. The molecule has 7 heteroatoms. The second-order valence-corrected chi connectivity index (χ2v) is 5.87. The SMILES string of the molecule is CC(C)Nc1ccc(N)c2c1C(=O)c1c(cccc1[N+](=O)[O-])C2=O. The molecular weight excluding hydrogens is 310 g/mol. The Labute approximate surface area is 137 Å². The Balaban J connectivity index is 2.34. The van der Waals surface area contributed by atoms with Crippen molar-refractivity contribution in [3.63, 3.8) is 0 Å². The molecule has 0 aliphatic heterocycles. The number of nitro groups is 1. The van der Waals surface area contributed by atoms with Crippen LogP contribution in [-0.2, 0) is 0 Å². The summed E-state index contributed by atoms with van der Waals surface area (Å²) in [5.41, 5.74) is 6.17. The van der Waals surface area contributed by atoms with Crippen LogP contribution in [0.2, 0.25) is 0 Å². The van der Waals surface area contributed by atoms with Crippen molar-refractivity contribution in [1.82, 2.24) is 0 Å². The summed E-state index contributed by atoms with van der Waals surface area (Å²) < 4.78 is 0. The van der Waals surface area contributed by atoms with Crippen LogP contribution in [0.1, 0.15) is 45.7 Å². The molecule has 3 rings (SSSR count). The molecule has 0 atom stereocenters. The van der Waals surface area contributed by atoms with Gasteiger partial charge in [-0.2, -0.15) is 0 Å². The number of carbonyl (C=O) groups excluding carboxylic acids is 2. The lowest BCUT2D eigenvalue weighted by Gasteiger charge is -2.23. The maximum Gasteiger partial charge on any atom is 0.281 e. The normalized spacial score (nSPS) is 12.8. The van der Waals surface area contributed by atoms with Gasteiger partial charge in [0.15, 0.2) is 5.78 Å². The van der Waals surface area contributed by atoms with E-state index in [-0.39, 0.29) is 39.7 Å². The molecule has 0 radical (unpaired) electrons. The first kappa shape index (κ1) is 15.7. The fourth-order valence-electron chi connectivity index (χ4n) is 2.91. The molecule has 0 spiro atoms. The number of benzene rings is 2. The van der Waals surface area contributed by atoms with Gasteiger partial charge in [0.1, 0.15) is 5.56 Å². The molecule has 0 fully saturated rings. The second kappa shape index (κ2) is 5.45. The van der Waals surface area contributed by atoms with Gasteiger partial charge in [0.2, 0.25) is 5.78 Å². The molecule has 0 saturated heterocycles. The maximum absolute atomic E-state index is 13.0. The zero-order chi connectivity index (χ0) is 17.6. The topological polar surface area (TPSA) is 115 Å². The molecule has 3 N–H and O–H groups in total. The molecule has 1 aliphatic carbocycles. The quantitative estimate of drug-likeness (QED) is 0.434. The van der Waals surface area contributed by atoms with Gasteiger partial charge < -0.3 is 11.1 Å². The molecule has 7 nitrogen and oxygen atoms in total. The minimum Gasteiger partial charge on any atom is -0.398 e. The first-order valence-electron chi connectivity index (χ1n) is 7.38. The van der Waals surface area contributed by atoms with Crippen LogP contribution in [0, 0.1) is 10.1 Å². The summed E-state index contributed by atoms with van der Waals surface area (Å²) in [5.74, 6) is -1.05. The number of nitrogens with one attached hydrogen (secondary N) is 1. The molecule has 0 unspecified atom stereocenters. The van der Waals surface area contributed by atoms with Crippen molar-refractivity contribution in [2.24, 2.45) is 0 Å². The zero-order valence-electron chi connectivity index (χ0n) is 13.1. The third kappa shape index (κ3) is 2.21. The number of hydrogen-bond donors (Lipinski definition) is 2. The molecule has 1 aliphatic rings. The molecule has 0 saturated carbocycles. The number of carbonyl (C=O) groups is 2. The molecule has 24 heavy (non-hydrogen) atoms. The summed E-state index contributed by atoms with van der Waals surface area (Å²) in [7, 11) is 0. The van der Waals surface area contributed by atoms with Gasteiger partial charge in [0, 0.05) is 29.0 Å². The van der Waals surface area contributed by atoms with Gasteiger partial charge in [0.25, 0.3) is 5.69 Å². The van der Waals surface area contributed by atoms with Gasteiger partial charge in [-0.25, -0.2) is 0 Å². The van der Waals surface area contributed by atoms with Gasteiger partial charge in [-0.1, -0.05) is 6.07 Å². The number of ketones is 2. The summed E-state index contributed by atoms with van der Waals surface area (Å²) in [4.78, 5) is 36.4. The third-order valence-electron chi connectivity index (χ3n) is 3.85. The summed E-state index contributed by atoms with van der Waals surface area (Å²) >= 11 is 0. The Morgan fingerprint density at radius 2 is 1.75 bits per heavy atom. The van der Waals surface area contributed by atoms with Crippen LogP contribution in [0.25, 0.3) is 0 Å². The van der Waals surface area contributed by atoms with E-state index >= 15 is 0 Å². The number of rotatable bonds is 3. The van der Waals surface area contributed by atoms with Crippen LogP contribution in [-0.4, -0.2) is 22.5 Å². The van der Waals surface area contributed by atoms with Crippen molar-refractivity contribution in [2.45, 2.75) is 19.9 Å². The van der Waals surface area contributed by atoms with Crippen molar-refractivity contribution < 1.29 is 14.5 Å². The van der Waals surface area contributed by atoms with Crippen molar-refractivity contribution in [2.75, 3.05) is 11.1 Å². The summed E-state index contributed by atoms with van der Waals surface area (Å²) in [6, 6.07) is 7.19. The fourth-order valence-corrected chi connectivity index (χ4v) is 2.91. The van der Waals surface area contributed by atoms with Crippen molar-refractivity contribution in [1.29, 1.82) is 0 Å². The zero-order valence-corrected chi connectivity index (χ0v) is 13.1. The standard InChI is InChI=1S/C17H15N3O4/c1-8(2)19-11-7-6-10(18)14-15(11)17(22)13-9(16(14)21)4-3-5-12(13)20(23)24/h3-8,19H,18H2,1-2H3. The Kier molecular flexibility index (Phi) is 3.56. The van der Waals surface area contributed by atoms with Crippen LogP contribution in [0.3, 0.4) is 0 Å². The van der Waals surface area contributed by atoms with Gasteiger partial charge in [-0.3, -0.25) is 19.7 Å². The molecule has 2 aromatic carbocycles. The van der Waals surface area contributed by atoms with Gasteiger partial charge in [-0.05, 0) is 32.0 Å². The van der Waals surface area contributed by atoms with Crippen LogP contribution in [0.5, 0.6) is 0 Å². The highest BCUT2D eigenvalue weighted by Crippen LogP contribution is 2.38. The van der Waals surface area contributed by atoms with Crippen molar-refractivity contribution in [3.05, 3.63) is 62.7 Å². The lowest BCUT2D eigenvalue weighted by molar-refractivity contribution is -0.385. The van der Waals surface area contributed by atoms with E-state index in [1.165, 1.54) is 18.2 Å². The lowest BCUT2D eigenvalue weighted by atomic mass is 9.81. The number of hydrogen-bond acceptors (Lipinski definition) is 6. The number of nitrogens with zero attached hydrogens (tertiary/aromatic N) is 1. The highest BCUT2D eigenvalue weighted by molar-refractivity contribution is 6.33. The van der Waals surface area contributed by atoms with Gasteiger partial charge in [-0.15, -0.1) is 0 Å². The average molecular weight is 325 g/mol. The molecule has 122 valence electrons. The van der Waals surface area contributed by atoms with E-state index in [0.717, 1.165) is 0 Å². The Hall–Kier alpha value is -3.22. The first-order valence-corrected chi connectivity index (χ1v) is 7.38. The average Bonchev–Trinajstić information content (AvgIpc) is 2.52. The highest BCUT2D eigenvalue weighted by Gasteiger charge is 2.38. The van der Waals surface area contributed by atoms with Crippen molar-refractivity contribution >= 4 is 28.6 Å². The molecule has 2 aromatic rings. The minimum absolute atomic E-state index is 0.00721. The van der Waals surface area contributed by atoms with E-state index in [0.29, 0.717) is 5.69 Å². The number of nitro benzene ring substituents is 1. The summed E-state index contributed by atoms with van der Waals surface area (Å²) in [6.07, 6.45) is 0. The smallest absolute Gasteiger partial charge is 0.281 e. The summed E-state index contributed by atoms with van der Waals surface area (Å²) in [6.45, 7) is 3.77. The number of nitrogen functional groups attached to an aromatic ring is 1. The molecule has 0 aromatic heterocycles. The Bertz CT molecular complexity index is 903. The van der Waals surface area contributed by atoms with Gasteiger partial charge in [0.05, 0.1) is 16.1 Å². The molecule has 0 heterocycles. The van der Waals surface area contributed by atoms with Crippen LogP contribution < -0.4 is 11.1 Å². The minimum atomic E-state index is -0.656. The molecule has 0 amide bonds. The van der Waals surface area contributed by atoms with E-state index in [1.54, 1.807) is 12.1 Å². The van der Waals surface area contributed by atoms with E-state index < -0.39 is 16.5 Å². The maximum atomic E-state index is 13.0. The summed E-state index contributed by atoms with van der Waals surface area (Å²) in [5, 5.41) is 14.4. The van der Waals surface area contributed by atoms with Gasteiger partial charge >= 0.3 is 0 Å². The molecular formula is C17H15N3O4. The van der Waals surface area contributed by atoms with E-state index in [2.05, 4.69) is 5.32 Å². The van der Waals surface area contributed by atoms with E-state index in [1.807, 2.05) is 13.8 Å². The monoisotopic (exact) mass is 325 g/mol. The van der Waals surface area contributed by atoms with E-state index in [4.69, 9.17) is 5.73 Å². The predicted molar refractivity (Wildman–Crippen MR) is 89.6 cm³/mol. The number of nitrogens with two attached hydrogens (primary N) is 1. The highest BCUT2D eigenvalue weighted by atomic mass is 16.6.